The zero-order valence-electron chi connectivity index (χ0n) is 17.2. The minimum absolute atomic E-state index is 0.000734. The molecule has 1 N–H and O–H groups in total. The van der Waals surface area contributed by atoms with Crippen molar-refractivity contribution in [2.75, 3.05) is 17.7 Å². The van der Waals surface area contributed by atoms with Gasteiger partial charge in [-0.15, -0.1) is 10.2 Å². The van der Waals surface area contributed by atoms with Gasteiger partial charge in [-0.2, -0.15) is 18.3 Å². The Bertz CT molecular complexity index is 1240. The van der Waals surface area contributed by atoms with Crippen molar-refractivity contribution in [3.8, 4) is 5.69 Å². The number of halogens is 3. The Hall–Kier alpha value is -3.26. The molecule has 14 heteroatoms. The standard InChI is InChI=1S/C19H16F3N5O4S2/c1-3-31-14(29)9-32-18-25-24-17(33-18)23-16(30)15-13(28)8-10(2)27(26-15)12-7-5-4-6-11(12)19(20,21)22/h4-8H,3,9H2,1-2H3,(H,23,24,30). The third kappa shape index (κ3) is 5.96. The SMILES string of the molecule is CCOC(=O)CSc1nnc(NC(=O)c2nn(-c3ccccc3C(F)(F)F)c(C)cc2=O)s1. The number of hydrogen-bond acceptors (Lipinski definition) is 9. The molecule has 2 aromatic heterocycles. The first-order valence-electron chi connectivity index (χ1n) is 9.31. The van der Waals surface area contributed by atoms with E-state index in [4.69, 9.17) is 4.74 Å². The summed E-state index contributed by atoms with van der Waals surface area (Å²) in [6, 6.07) is 5.71. The molecule has 3 rings (SSSR count). The Morgan fingerprint density at radius 1 is 1.24 bits per heavy atom. The molecule has 9 nitrogen and oxygen atoms in total. The number of nitrogens with zero attached hydrogens (tertiary/aromatic N) is 4. The average Bonchev–Trinajstić information content (AvgIpc) is 3.19. The lowest BCUT2D eigenvalue weighted by atomic mass is 10.1. The summed E-state index contributed by atoms with van der Waals surface area (Å²) in [7, 11) is 0. The van der Waals surface area contributed by atoms with Gasteiger partial charge in [-0.3, -0.25) is 19.7 Å². The van der Waals surface area contributed by atoms with E-state index in [1.165, 1.54) is 25.1 Å². The second-order valence-corrected chi connectivity index (χ2v) is 8.55. The predicted octanol–water partition coefficient (Wildman–Crippen LogP) is 3.32. The number of para-hydroxylation sites is 1. The van der Waals surface area contributed by atoms with Crippen LogP contribution in [0, 0.1) is 6.92 Å². The first-order valence-corrected chi connectivity index (χ1v) is 11.1. The molecule has 0 saturated heterocycles. The van der Waals surface area contributed by atoms with Gasteiger partial charge < -0.3 is 4.74 Å². The maximum atomic E-state index is 13.4. The van der Waals surface area contributed by atoms with Crippen LogP contribution in [0.25, 0.3) is 5.69 Å². The number of esters is 1. The first-order chi connectivity index (χ1) is 15.6. The minimum atomic E-state index is -4.67. The van der Waals surface area contributed by atoms with Gasteiger partial charge in [0.05, 0.1) is 23.6 Å². The Kier molecular flexibility index (Phi) is 7.48. The van der Waals surface area contributed by atoms with E-state index in [-0.39, 0.29) is 28.9 Å². The van der Waals surface area contributed by atoms with Gasteiger partial charge in [0.15, 0.2) is 10.0 Å². The fourth-order valence-corrected chi connectivity index (χ4v) is 4.19. The number of ether oxygens (including phenoxy) is 1. The lowest BCUT2D eigenvalue weighted by Gasteiger charge is -2.16. The molecular formula is C19H16F3N5O4S2. The van der Waals surface area contributed by atoms with Crippen LogP contribution in [0.4, 0.5) is 18.3 Å². The highest BCUT2D eigenvalue weighted by Gasteiger charge is 2.34. The fourth-order valence-electron chi connectivity index (χ4n) is 2.64. The zero-order valence-corrected chi connectivity index (χ0v) is 18.8. The highest BCUT2D eigenvalue weighted by atomic mass is 32.2. The van der Waals surface area contributed by atoms with E-state index in [0.717, 1.165) is 39.9 Å². The Morgan fingerprint density at radius 2 is 1.97 bits per heavy atom. The number of nitrogens with one attached hydrogen (secondary N) is 1. The van der Waals surface area contributed by atoms with Crippen molar-refractivity contribution in [2.24, 2.45) is 0 Å². The number of carbonyl (C=O) groups excluding carboxylic acids is 2. The Morgan fingerprint density at radius 3 is 2.67 bits per heavy atom. The molecule has 0 atom stereocenters. The quantitative estimate of drug-likeness (QED) is 0.299. The molecule has 2 heterocycles. The van der Waals surface area contributed by atoms with Crippen LogP contribution < -0.4 is 10.7 Å². The second kappa shape index (κ2) is 10.1. The largest absolute Gasteiger partial charge is 0.465 e. The van der Waals surface area contributed by atoms with E-state index in [0.29, 0.717) is 4.34 Å². The van der Waals surface area contributed by atoms with Gasteiger partial charge in [-0.25, -0.2) is 4.68 Å². The number of hydrogen-bond donors (Lipinski definition) is 1. The van der Waals surface area contributed by atoms with Gasteiger partial charge in [0.1, 0.15) is 0 Å². The van der Waals surface area contributed by atoms with E-state index < -0.39 is 34.7 Å². The number of benzene rings is 1. The monoisotopic (exact) mass is 499 g/mol. The molecule has 0 fully saturated rings. The summed E-state index contributed by atoms with van der Waals surface area (Å²) in [6.07, 6.45) is -4.67. The molecule has 0 spiro atoms. The van der Waals surface area contributed by atoms with Crippen LogP contribution in [-0.2, 0) is 15.7 Å². The number of anilines is 1. The predicted molar refractivity (Wildman–Crippen MR) is 115 cm³/mol. The highest BCUT2D eigenvalue weighted by Crippen LogP contribution is 2.33. The lowest BCUT2D eigenvalue weighted by molar-refractivity contribution is -0.140. The molecule has 174 valence electrons. The Labute approximate surface area is 193 Å². The van der Waals surface area contributed by atoms with Crippen molar-refractivity contribution in [1.29, 1.82) is 0 Å². The van der Waals surface area contributed by atoms with Crippen molar-refractivity contribution in [1.82, 2.24) is 20.0 Å². The molecule has 3 aromatic rings. The van der Waals surface area contributed by atoms with Crippen molar-refractivity contribution >= 4 is 40.1 Å². The van der Waals surface area contributed by atoms with Crippen LogP contribution in [0.1, 0.15) is 28.7 Å². The van der Waals surface area contributed by atoms with Crippen LogP contribution in [0.2, 0.25) is 0 Å². The van der Waals surface area contributed by atoms with Gasteiger partial charge in [-0.1, -0.05) is 35.2 Å². The number of amides is 1. The van der Waals surface area contributed by atoms with Gasteiger partial charge in [0.25, 0.3) is 5.91 Å². The third-order valence-electron chi connectivity index (χ3n) is 4.01. The molecular weight excluding hydrogens is 483 g/mol. The summed E-state index contributed by atoms with van der Waals surface area (Å²) in [5.74, 6) is -1.40. The van der Waals surface area contributed by atoms with Gasteiger partial charge >= 0.3 is 12.1 Å². The zero-order chi connectivity index (χ0) is 24.2. The molecule has 1 aromatic carbocycles. The van der Waals surface area contributed by atoms with Crippen LogP contribution in [0.5, 0.6) is 0 Å². The summed E-state index contributed by atoms with van der Waals surface area (Å²) in [6.45, 7) is 3.32. The first kappa shape index (κ1) is 24.4. The van der Waals surface area contributed by atoms with E-state index in [1.54, 1.807) is 6.92 Å². The van der Waals surface area contributed by atoms with E-state index in [9.17, 15) is 27.6 Å². The summed E-state index contributed by atoms with van der Waals surface area (Å²) < 4.78 is 46.3. The maximum Gasteiger partial charge on any atom is 0.418 e. The van der Waals surface area contributed by atoms with Gasteiger partial charge in [0, 0.05) is 11.8 Å². The van der Waals surface area contributed by atoms with Gasteiger partial charge in [-0.05, 0) is 26.0 Å². The van der Waals surface area contributed by atoms with E-state index >= 15 is 0 Å². The third-order valence-corrected chi connectivity index (χ3v) is 5.95. The summed E-state index contributed by atoms with van der Waals surface area (Å²) in [5.41, 5.74) is -2.57. The summed E-state index contributed by atoms with van der Waals surface area (Å²) in [5, 5.41) is 13.8. The van der Waals surface area contributed by atoms with Crippen molar-refractivity contribution < 1.29 is 27.5 Å². The maximum absolute atomic E-state index is 13.4. The summed E-state index contributed by atoms with van der Waals surface area (Å²) >= 11 is 2.00. The number of carbonyl (C=O) groups is 2. The average molecular weight is 499 g/mol. The second-order valence-electron chi connectivity index (χ2n) is 6.35. The normalized spacial score (nSPS) is 11.3. The van der Waals surface area contributed by atoms with E-state index in [2.05, 4.69) is 20.6 Å². The smallest absolute Gasteiger partial charge is 0.418 e. The molecule has 0 aliphatic carbocycles. The molecule has 0 bridgehead atoms. The molecule has 0 saturated carbocycles. The van der Waals surface area contributed by atoms with Crippen LogP contribution in [0.3, 0.4) is 0 Å². The Balaban J connectivity index is 1.85. The molecule has 0 aliphatic rings. The van der Waals surface area contributed by atoms with Crippen molar-refractivity contribution in [3.05, 3.63) is 57.5 Å². The van der Waals surface area contributed by atoms with Crippen LogP contribution >= 0.6 is 23.1 Å². The number of alkyl halides is 3. The number of aryl methyl sites for hydroxylation is 1. The van der Waals surface area contributed by atoms with Crippen LogP contribution in [-0.4, -0.2) is 44.2 Å². The molecule has 0 radical (unpaired) electrons. The van der Waals surface area contributed by atoms with E-state index in [1.807, 2.05) is 0 Å². The van der Waals surface area contributed by atoms with Gasteiger partial charge in [0.2, 0.25) is 10.6 Å². The molecule has 33 heavy (non-hydrogen) atoms. The highest BCUT2D eigenvalue weighted by molar-refractivity contribution is 8.01. The summed E-state index contributed by atoms with van der Waals surface area (Å²) in [4.78, 5) is 36.4. The van der Waals surface area contributed by atoms with Crippen molar-refractivity contribution in [3.63, 3.8) is 0 Å². The fraction of sp³-hybridized carbons (Fsp3) is 0.263. The van der Waals surface area contributed by atoms with Crippen molar-refractivity contribution in [2.45, 2.75) is 24.4 Å². The molecule has 0 unspecified atom stereocenters. The lowest BCUT2D eigenvalue weighted by Crippen LogP contribution is -2.27. The number of aromatic nitrogens is 4. The van der Waals surface area contributed by atoms with Crippen LogP contribution in [0.15, 0.2) is 39.5 Å². The molecule has 0 aliphatic heterocycles. The minimum Gasteiger partial charge on any atom is -0.465 e. The molecule has 1 amide bonds. The number of thioether (sulfide) groups is 1. The number of rotatable bonds is 7. The topological polar surface area (TPSA) is 116 Å².